The van der Waals surface area contributed by atoms with Crippen molar-refractivity contribution < 1.29 is 4.74 Å². The number of ether oxygens (including phenoxy) is 1. The summed E-state index contributed by atoms with van der Waals surface area (Å²) >= 11 is 0. The molecule has 0 N–H and O–H groups in total. The van der Waals surface area contributed by atoms with Gasteiger partial charge >= 0.3 is 0 Å². The molecule has 2 aliphatic carbocycles. The first-order valence-electron chi connectivity index (χ1n) is 9.80. The van der Waals surface area contributed by atoms with Crippen LogP contribution in [0.3, 0.4) is 0 Å². The van der Waals surface area contributed by atoms with Gasteiger partial charge in [-0.2, -0.15) is 10.3 Å². The number of aliphatic imine (C=N–C) groups is 1. The molecule has 4 nitrogen and oxygen atoms in total. The lowest BCUT2D eigenvalue weighted by atomic mass is 9.62. The Hall–Kier alpha value is -2.95. The van der Waals surface area contributed by atoms with Gasteiger partial charge in [-0.15, -0.1) is 0 Å². The van der Waals surface area contributed by atoms with E-state index in [2.05, 4.69) is 34.2 Å². The maximum atomic E-state index is 9.42. The predicted molar refractivity (Wildman–Crippen MR) is 110 cm³/mol. The van der Waals surface area contributed by atoms with Crippen LogP contribution in [0.15, 0.2) is 47.5 Å². The van der Waals surface area contributed by atoms with E-state index in [-0.39, 0.29) is 5.41 Å². The normalized spacial score (nSPS) is 25.1. The molecule has 0 aromatic heterocycles. The van der Waals surface area contributed by atoms with E-state index in [1.807, 2.05) is 24.3 Å². The fourth-order valence-corrected chi connectivity index (χ4v) is 4.82. The second-order valence-corrected chi connectivity index (χ2v) is 7.81. The van der Waals surface area contributed by atoms with Gasteiger partial charge in [0, 0.05) is 18.1 Å². The van der Waals surface area contributed by atoms with Gasteiger partial charge in [-0.3, -0.25) is 0 Å². The number of methoxy groups -OCH3 is 1. The van der Waals surface area contributed by atoms with E-state index in [1.165, 1.54) is 5.56 Å². The summed E-state index contributed by atoms with van der Waals surface area (Å²) in [5, 5.41) is 9.42. The lowest BCUT2D eigenvalue weighted by Crippen LogP contribution is -2.41. The molecule has 4 rings (SSSR count). The van der Waals surface area contributed by atoms with Crippen molar-refractivity contribution in [2.24, 2.45) is 10.4 Å². The van der Waals surface area contributed by atoms with E-state index in [0.29, 0.717) is 11.8 Å². The first-order chi connectivity index (χ1) is 13.7. The largest absolute Gasteiger partial charge is 0.381 e. The van der Waals surface area contributed by atoms with Gasteiger partial charge in [0.15, 0.2) is 5.69 Å². The van der Waals surface area contributed by atoms with E-state index < -0.39 is 0 Å². The summed E-state index contributed by atoms with van der Waals surface area (Å²) < 4.78 is 5.56. The van der Waals surface area contributed by atoms with Crippen LogP contribution in [0.1, 0.15) is 43.2 Å². The zero-order chi connectivity index (χ0) is 19.6. The third kappa shape index (κ3) is 3.21. The van der Waals surface area contributed by atoms with Crippen LogP contribution in [-0.2, 0) is 11.2 Å². The molecule has 0 saturated heterocycles. The number of aryl methyl sites for hydroxylation is 1. The van der Waals surface area contributed by atoms with Crippen molar-refractivity contribution in [3.8, 4) is 17.3 Å². The number of fused-ring (bicyclic) bond motifs is 1. The van der Waals surface area contributed by atoms with Gasteiger partial charge in [0.1, 0.15) is 0 Å². The highest BCUT2D eigenvalue weighted by atomic mass is 16.5. The molecule has 0 bridgehead atoms. The summed E-state index contributed by atoms with van der Waals surface area (Å²) in [5.41, 5.74) is 6.03. The highest BCUT2D eigenvalue weighted by Crippen LogP contribution is 2.47. The first kappa shape index (κ1) is 18.4. The predicted octanol–water partition coefficient (Wildman–Crippen LogP) is 5.70. The van der Waals surface area contributed by atoms with E-state index in [9.17, 15) is 5.26 Å². The number of nitrogens with zero attached hydrogens (tertiary/aromatic N) is 3. The van der Waals surface area contributed by atoms with Crippen molar-refractivity contribution in [2.75, 3.05) is 7.11 Å². The maximum absolute atomic E-state index is 9.42. The monoisotopic (exact) mass is 369 g/mol. The van der Waals surface area contributed by atoms with E-state index in [4.69, 9.17) is 11.3 Å². The second kappa shape index (κ2) is 7.58. The Labute approximate surface area is 166 Å². The molecule has 1 fully saturated rings. The number of hydrogen-bond acceptors (Lipinski definition) is 3. The average molecular weight is 369 g/mol. The Morgan fingerprint density at radius 3 is 2.64 bits per heavy atom. The van der Waals surface area contributed by atoms with Crippen LogP contribution in [0.4, 0.5) is 5.69 Å². The van der Waals surface area contributed by atoms with Gasteiger partial charge in [-0.05, 0) is 67.3 Å². The lowest BCUT2D eigenvalue weighted by Gasteiger charge is -2.43. The topological polar surface area (TPSA) is 49.7 Å². The Morgan fingerprint density at radius 1 is 1.14 bits per heavy atom. The number of benzene rings is 2. The van der Waals surface area contributed by atoms with Crippen LogP contribution in [-0.4, -0.2) is 18.9 Å². The quantitative estimate of drug-likeness (QED) is 0.504. The van der Waals surface area contributed by atoms with E-state index in [0.717, 1.165) is 60.9 Å². The minimum absolute atomic E-state index is 0.0191. The van der Waals surface area contributed by atoms with Gasteiger partial charge in [-0.25, -0.2) is 4.85 Å². The van der Waals surface area contributed by atoms with Crippen molar-refractivity contribution in [3.63, 3.8) is 0 Å². The molecule has 2 aliphatic rings. The summed E-state index contributed by atoms with van der Waals surface area (Å²) in [6, 6.07) is 14.1. The zero-order valence-electron chi connectivity index (χ0n) is 16.1. The van der Waals surface area contributed by atoms with Crippen molar-refractivity contribution in [1.29, 1.82) is 5.26 Å². The standard InChI is InChI=1S/C24H23N3O/c1-26-20-5-3-4-18(14-20)19-7-6-17-8-11-24(12-9-21(28-2)10-13-24)23(27-16-25)22(17)15-19/h3-7,14-15,21H,8-13H2,2H3/b27-23-. The summed E-state index contributed by atoms with van der Waals surface area (Å²) in [5.74, 6) is 0. The smallest absolute Gasteiger partial charge is 0.205 e. The van der Waals surface area contributed by atoms with E-state index >= 15 is 0 Å². The van der Waals surface area contributed by atoms with Gasteiger partial charge in [0.05, 0.1) is 18.4 Å². The van der Waals surface area contributed by atoms with Crippen LogP contribution in [0, 0.1) is 23.4 Å². The molecule has 28 heavy (non-hydrogen) atoms. The maximum Gasteiger partial charge on any atom is 0.205 e. The van der Waals surface area contributed by atoms with Crippen LogP contribution < -0.4 is 0 Å². The molecule has 0 unspecified atom stereocenters. The number of nitriles is 1. The molecule has 1 saturated carbocycles. The van der Waals surface area contributed by atoms with Crippen LogP contribution >= 0.6 is 0 Å². The van der Waals surface area contributed by atoms with Gasteiger partial charge in [-0.1, -0.05) is 30.3 Å². The molecule has 2 aromatic carbocycles. The average Bonchev–Trinajstić information content (AvgIpc) is 2.76. The number of hydrogen-bond donors (Lipinski definition) is 0. The zero-order valence-corrected chi connectivity index (χ0v) is 16.1. The first-order valence-corrected chi connectivity index (χ1v) is 9.80. The third-order valence-electron chi connectivity index (χ3n) is 6.43. The second-order valence-electron chi connectivity index (χ2n) is 7.81. The fourth-order valence-electron chi connectivity index (χ4n) is 4.82. The Morgan fingerprint density at radius 2 is 1.93 bits per heavy atom. The molecule has 0 amide bonds. The van der Waals surface area contributed by atoms with Crippen molar-refractivity contribution in [2.45, 2.75) is 44.6 Å². The van der Waals surface area contributed by atoms with Crippen molar-refractivity contribution in [3.05, 3.63) is 65.0 Å². The van der Waals surface area contributed by atoms with Crippen LogP contribution in [0.25, 0.3) is 16.0 Å². The molecule has 1 spiro atoms. The third-order valence-corrected chi connectivity index (χ3v) is 6.43. The van der Waals surface area contributed by atoms with Crippen molar-refractivity contribution >= 4 is 11.4 Å². The Kier molecular flexibility index (Phi) is 4.99. The molecule has 0 heterocycles. The Balaban J connectivity index is 1.76. The highest BCUT2D eigenvalue weighted by molar-refractivity contribution is 6.08. The molecule has 0 radical (unpaired) electrons. The molecular weight excluding hydrogens is 346 g/mol. The summed E-state index contributed by atoms with van der Waals surface area (Å²) in [6.07, 6.45) is 8.51. The lowest BCUT2D eigenvalue weighted by molar-refractivity contribution is 0.0433. The van der Waals surface area contributed by atoms with Crippen molar-refractivity contribution in [1.82, 2.24) is 0 Å². The summed E-state index contributed by atoms with van der Waals surface area (Å²) in [6.45, 7) is 7.26. The molecule has 2 aromatic rings. The van der Waals surface area contributed by atoms with Crippen LogP contribution in [0.5, 0.6) is 0 Å². The fraction of sp³-hybridized carbons (Fsp3) is 0.375. The Bertz CT molecular complexity index is 1000. The van der Waals surface area contributed by atoms with Gasteiger partial charge < -0.3 is 4.74 Å². The molecule has 0 aliphatic heterocycles. The number of rotatable bonds is 2. The minimum atomic E-state index is -0.0191. The molecule has 4 heteroatoms. The summed E-state index contributed by atoms with van der Waals surface area (Å²) in [4.78, 5) is 7.90. The van der Waals surface area contributed by atoms with Crippen LogP contribution in [0.2, 0.25) is 0 Å². The van der Waals surface area contributed by atoms with Gasteiger partial charge in [0.25, 0.3) is 0 Å². The van der Waals surface area contributed by atoms with Gasteiger partial charge in [0.2, 0.25) is 6.19 Å². The molecule has 140 valence electrons. The van der Waals surface area contributed by atoms with E-state index in [1.54, 1.807) is 7.11 Å². The molecular formula is C24H23N3O. The minimum Gasteiger partial charge on any atom is -0.381 e. The summed E-state index contributed by atoms with van der Waals surface area (Å²) in [7, 11) is 1.78. The highest BCUT2D eigenvalue weighted by Gasteiger charge is 2.43. The molecule has 0 atom stereocenters. The SMILES string of the molecule is [C-]#[N+]c1cccc(-c2ccc3c(c2)/C(=N/C#N)C2(CC3)CCC(OC)CC2)c1.